The highest BCUT2D eigenvalue weighted by Crippen LogP contribution is 2.30. The molecule has 4 rings (SSSR count). The van der Waals surface area contributed by atoms with E-state index < -0.39 is 0 Å². The van der Waals surface area contributed by atoms with Gasteiger partial charge >= 0.3 is 6.09 Å². The highest BCUT2D eigenvalue weighted by molar-refractivity contribution is 8.00. The Balaban J connectivity index is 1.33. The van der Waals surface area contributed by atoms with Crippen molar-refractivity contribution in [3.8, 4) is 11.5 Å². The number of hydrogen-bond acceptors (Lipinski definition) is 7. The van der Waals surface area contributed by atoms with Gasteiger partial charge in [0.2, 0.25) is 5.91 Å². The number of ether oxygens (including phenoxy) is 3. The molecule has 0 bridgehead atoms. The van der Waals surface area contributed by atoms with Crippen LogP contribution in [0.3, 0.4) is 0 Å². The molecule has 0 spiro atoms. The van der Waals surface area contributed by atoms with E-state index in [1.165, 1.54) is 18.9 Å². The molecule has 11 heteroatoms. The molecule has 1 N–H and O–H groups in total. The van der Waals surface area contributed by atoms with Crippen LogP contribution >= 0.6 is 11.8 Å². The van der Waals surface area contributed by atoms with Crippen molar-refractivity contribution in [2.24, 2.45) is 0 Å². The molecule has 2 aromatic carbocycles. The van der Waals surface area contributed by atoms with E-state index in [9.17, 15) is 14.4 Å². The van der Waals surface area contributed by atoms with Gasteiger partial charge in [-0.1, -0.05) is 18.2 Å². The van der Waals surface area contributed by atoms with Crippen molar-refractivity contribution in [2.45, 2.75) is 18.4 Å². The number of benzene rings is 2. The van der Waals surface area contributed by atoms with E-state index in [1.807, 2.05) is 30.5 Å². The second-order valence-electron chi connectivity index (χ2n) is 8.88. The van der Waals surface area contributed by atoms with Gasteiger partial charge in [0.25, 0.3) is 5.91 Å². The fourth-order valence-electron chi connectivity index (χ4n) is 4.47. The first-order valence-corrected chi connectivity index (χ1v) is 13.8. The predicted molar refractivity (Wildman–Crippen MR) is 150 cm³/mol. The highest BCUT2D eigenvalue weighted by Gasteiger charge is 2.25. The summed E-state index contributed by atoms with van der Waals surface area (Å²) in [6.45, 7) is 5.07. The van der Waals surface area contributed by atoms with E-state index >= 15 is 0 Å². The molecule has 1 aromatic heterocycles. The number of fused-ring (bicyclic) bond motifs is 1. The molecule has 0 saturated carbocycles. The quantitative estimate of drug-likeness (QED) is 0.383. The SMILES string of the molecule is CCOC(=O)N1CCN(C(=O)CSc2cn(CCNC(=O)c3ccc(OC)c(OC)c3)c3ccccc23)CC1. The summed E-state index contributed by atoms with van der Waals surface area (Å²) in [7, 11) is 3.09. The van der Waals surface area contributed by atoms with Gasteiger partial charge in [0.05, 0.1) is 26.6 Å². The lowest BCUT2D eigenvalue weighted by Crippen LogP contribution is -2.51. The van der Waals surface area contributed by atoms with Crippen LogP contribution in [0, 0.1) is 0 Å². The molecule has 1 aliphatic rings. The Morgan fingerprint density at radius 3 is 2.38 bits per heavy atom. The third-order valence-electron chi connectivity index (χ3n) is 6.55. The summed E-state index contributed by atoms with van der Waals surface area (Å²) in [5, 5.41) is 4.03. The van der Waals surface area contributed by atoms with Gasteiger partial charge in [-0.05, 0) is 31.2 Å². The van der Waals surface area contributed by atoms with Gasteiger partial charge in [-0.15, -0.1) is 11.8 Å². The molecule has 0 aliphatic carbocycles. The average molecular weight is 555 g/mol. The summed E-state index contributed by atoms with van der Waals surface area (Å²) < 4.78 is 17.7. The molecule has 0 radical (unpaired) electrons. The van der Waals surface area contributed by atoms with Crippen LogP contribution in [-0.2, 0) is 16.1 Å². The maximum Gasteiger partial charge on any atom is 0.409 e. The number of para-hydroxylation sites is 1. The van der Waals surface area contributed by atoms with Crippen molar-refractivity contribution in [2.75, 3.05) is 59.3 Å². The van der Waals surface area contributed by atoms with E-state index in [1.54, 1.807) is 42.0 Å². The lowest BCUT2D eigenvalue weighted by Gasteiger charge is -2.34. The van der Waals surface area contributed by atoms with Crippen molar-refractivity contribution in [3.05, 3.63) is 54.2 Å². The smallest absolute Gasteiger partial charge is 0.409 e. The molecule has 1 fully saturated rings. The number of nitrogens with one attached hydrogen (secondary N) is 1. The third-order valence-corrected chi connectivity index (χ3v) is 7.57. The Kier molecular flexibility index (Phi) is 9.59. The van der Waals surface area contributed by atoms with Gasteiger partial charge in [0.1, 0.15) is 0 Å². The number of rotatable bonds is 10. The highest BCUT2D eigenvalue weighted by atomic mass is 32.2. The van der Waals surface area contributed by atoms with Gasteiger partial charge < -0.3 is 33.9 Å². The second-order valence-corrected chi connectivity index (χ2v) is 9.90. The van der Waals surface area contributed by atoms with Crippen molar-refractivity contribution < 1.29 is 28.6 Å². The lowest BCUT2D eigenvalue weighted by atomic mass is 10.2. The number of amides is 3. The number of hydrogen-bond donors (Lipinski definition) is 1. The molecule has 3 amide bonds. The zero-order valence-corrected chi connectivity index (χ0v) is 23.3. The zero-order valence-electron chi connectivity index (χ0n) is 22.5. The average Bonchev–Trinajstić information content (AvgIpc) is 3.33. The molecule has 2 heterocycles. The monoisotopic (exact) mass is 554 g/mol. The van der Waals surface area contributed by atoms with Gasteiger partial charge in [-0.2, -0.15) is 0 Å². The molecule has 1 saturated heterocycles. The first-order chi connectivity index (χ1) is 18.9. The van der Waals surface area contributed by atoms with E-state index in [0.29, 0.717) is 68.7 Å². The number of aromatic nitrogens is 1. The minimum atomic E-state index is -0.327. The summed E-state index contributed by atoms with van der Waals surface area (Å²) in [6.07, 6.45) is 1.70. The van der Waals surface area contributed by atoms with Crippen LogP contribution in [0.5, 0.6) is 11.5 Å². The molecule has 39 heavy (non-hydrogen) atoms. The zero-order chi connectivity index (χ0) is 27.8. The fraction of sp³-hybridized carbons (Fsp3) is 0.393. The Labute approximate surface area is 232 Å². The second kappa shape index (κ2) is 13.3. The largest absolute Gasteiger partial charge is 0.493 e. The first-order valence-electron chi connectivity index (χ1n) is 12.9. The Bertz CT molecular complexity index is 1320. The molecule has 0 atom stereocenters. The van der Waals surface area contributed by atoms with Crippen LogP contribution in [0.1, 0.15) is 17.3 Å². The van der Waals surface area contributed by atoms with Crippen molar-refractivity contribution in [1.82, 2.24) is 19.7 Å². The number of carbonyl (C=O) groups is 3. The fourth-order valence-corrected chi connectivity index (χ4v) is 5.46. The van der Waals surface area contributed by atoms with Crippen LogP contribution in [0.25, 0.3) is 10.9 Å². The van der Waals surface area contributed by atoms with Gasteiger partial charge in [0.15, 0.2) is 11.5 Å². The number of thioether (sulfide) groups is 1. The Morgan fingerprint density at radius 2 is 1.67 bits per heavy atom. The summed E-state index contributed by atoms with van der Waals surface area (Å²) in [4.78, 5) is 41.9. The Morgan fingerprint density at radius 1 is 0.949 bits per heavy atom. The van der Waals surface area contributed by atoms with Crippen LogP contribution in [0.2, 0.25) is 0 Å². The van der Waals surface area contributed by atoms with Crippen LogP contribution in [0.15, 0.2) is 53.6 Å². The van der Waals surface area contributed by atoms with E-state index in [4.69, 9.17) is 14.2 Å². The maximum absolute atomic E-state index is 12.9. The molecular formula is C28H34N4O6S. The topological polar surface area (TPSA) is 102 Å². The Hall–Kier alpha value is -3.86. The molecule has 1 aliphatic heterocycles. The normalized spacial score (nSPS) is 13.3. The predicted octanol–water partition coefficient (Wildman–Crippen LogP) is 3.48. The number of nitrogens with zero attached hydrogens (tertiary/aromatic N) is 3. The standard InChI is InChI=1S/C28H34N4O6S/c1-4-38-28(35)31-15-13-30(14-16-31)26(33)19-39-25-18-32(22-8-6-5-7-21(22)25)12-11-29-27(34)20-9-10-23(36-2)24(17-20)37-3/h5-10,17-18H,4,11-16,19H2,1-3H3,(H,29,34). The summed E-state index contributed by atoms with van der Waals surface area (Å²) in [5.74, 6) is 1.22. The maximum atomic E-state index is 12.9. The number of carbonyl (C=O) groups excluding carboxylic acids is 3. The summed E-state index contributed by atoms with van der Waals surface area (Å²) in [6, 6.07) is 13.1. The van der Waals surface area contributed by atoms with Crippen molar-refractivity contribution in [3.63, 3.8) is 0 Å². The van der Waals surface area contributed by atoms with Crippen LogP contribution in [0.4, 0.5) is 4.79 Å². The molecule has 0 unspecified atom stereocenters. The van der Waals surface area contributed by atoms with E-state index in [-0.39, 0.29) is 17.9 Å². The molecular weight excluding hydrogens is 520 g/mol. The van der Waals surface area contributed by atoms with Crippen molar-refractivity contribution in [1.29, 1.82) is 0 Å². The minimum Gasteiger partial charge on any atom is -0.493 e. The first kappa shape index (κ1) is 28.2. The van der Waals surface area contributed by atoms with E-state index in [0.717, 1.165) is 15.8 Å². The third kappa shape index (κ3) is 6.78. The molecule has 10 nitrogen and oxygen atoms in total. The molecule has 208 valence electrons. The van der Waals surface area contributed by atoms with Gasteiger partial charge in [0, 0.05) is 66.8 Å². The molecule has 3 aromatic rings. The summed E-state index contributed by atoms with van der Waals surface area (Å²) >= 11 is 1.50. The summed E-state index contributed by atoms with van der Waals surface area (Å²) in [5.41, 5.74) is 1.53. The number of methoxy groups -OCH3 is 2. The van der Waals surface area contributed by atoms with E-state index in [2.05, 4.69) is 9.88 Å². The van der Waals surface area contributed by atoms with Crippen LogP contribution < -0.4 is 14.8 Å². The van der Waals surface area contributed by atoms with Gasteiger partial charge in [-0.3, -0.25) is 9.59 Å². The van der Waals surface area contributed by atoms with Crippen molar-refractivity contribution >= 4 is 40.6 Å². The minimum absolute atomic E-state index is 0.0440. The lowest BCUT2D eigenvalue weighted by molar-refractivity contribution is -0.129. The van der Waals surface area contributed by atoms with Crippen LogP contribution in [-0.4, -0.2) is 91.6 Å². The van der Waals surface area contributed by atoms with Gasteiger partial charge in [-0.25, -0.2) is 4.79 Å². The number of piperazine rings is 1.